The number of para-hydroxylation sites is 1. The lowest BCUT2D eigenvalue weighted by Gasteiger charge is -2.17. The Morgan fingerprint density at radius 2 is 2.09 bits per heavy atom. The van der Waals surface area contributed by atoms with Crippen LogP contribution < -0.4 is 5.43 Å². The molecule has 1 aliphatic heterocycles. The predicted octanol–water partition coefficient (Wildman–Crippen LogP) is 0.330. The minimum absolute atomic E-state index is 0.00681. The number of nitrogens with zero attached hydrogens (tertiary/aromatic N) is 3. The number of aromatic nitrogens is 2. The Morgan fingerprint density at radius 1 is 1.32 bits per heavy atom. The molecule has 1 atom stereocenters. The molecule has 1 aromatic heterocycles. The summed E-state index contributed by atoms with van der Waals surface area (Å²) >= 11 is 0. The summed E-state index contributed by atoms with van der Waals surface area (Å²) in [5, 5.41) is 13.5. The van der Waals surface area contributed by atoms with Crippen molar-refractivity contribution in [3.63, 3.8) is 0 Å². The van der Waals surface area contributed by atoms with Gasteiger partial charge in [-0.3, -0.25) is 19.1 Å². The Labute approximate surface area is 125 Å². The largest absolute Gasteiger partial charge is 0.481 e. The lowest BCUT2D eigenvalue weighted by Crippen LogP contribution is -2.33. The van der Waals surface area contributed by atoms with Crippen molar-refractivity contribution in [2.24, 2.45) is 5.92 Å². The molecule has 1 fully saturated rings. The lowest BCUT2D eigenvalue weighted by atomic mass is 10.1. The number of carbonyl (C=O) groups excluding carboxylic acids is 1. The fourth-order valence-corrected chi connectivity index (χ4v) is 2.70. The maximum Gasteiger partial charge on any atom is 0.308 e. The highest BCUT2D eigenvalue weighted by Gasteiger charge is 2.30. The maximum absolute atomic E-state index is 12.3. The molecule has 3 rings (SSSR count). The highest BCUT2D eigenvalue weighted by atomic mass is 16.4. The Balaban J connectivity index is 1.82. The van der Waals surface area contributed by atoms with E-state index >= 15 is 0 Å². The molecule has 0 saturated carbocycles. The molecular weight excluding hydrogens is 286 g/mol. The van der Waals surface area contributed by atoms with Crippen LogP contribution in [-0.2, 0) is 16.1 Å². The smallest absolute Gasteiger partial charge is 0.308 e. The summed E-state index contributed by atoms with van der Waals surface area (Å²) in [6.07, 6.45) is 1.67. The average Bonchev–Trinajstić information content (AvgIpc) is 3.01. The molecular formula is C15H15N3O4. The SMILES string of the molecule is O=C(O)[C@H]1CCN(C(=O)Cn2ncc(=O)c3ccccc32)C1. The van der Waals surface area contributed by atoms with E-state index in [1.165, 1.54) is 15.8 Å². The highest BCUT2D eigenvalue weighted by molar-refractivity contribution is 5.82. The zero-order valence-electron chi connectivity index (χ0n) is 11.8. The van der Waals surface area contributed by atoms with Crippen LogP contribution in [0.4, 0.5) is 0 Å². The van der Waals surface area contributed by atoms with Crippen molar-refractivity contribution in [3.05, 3.63) is 40.7 Å². The van der Waals surface area contributed by atoms with Crippen LogP contribution in [0.15, 0.2) is 35.3 Å². The molecule has 2 heterocycles. The van der Waals surface area contributed by atoms with Crippen LogP contribution in [0, 0.1) is 5.92 Å². The van der Waals surface area contributed by atoms with Gasteiger partial charge in [-0.2, -0.15) is 5.10 Å². The second-order valence-corrected chi connectivity index (χ2v) is 5.35. The summed E-state index contributed by atoms with van der Waals surface area (Å²) in [5.74, 6) is -1.56. The third-order valence-electron chi connectivity index (χ3n) is 3.94. The summed E-state index contributed by atoms with van der Waals surface area (Å²) in [7, 11) is 0. The Hall–Kier alpha value is -2.70. The third-order valence-corrected chi connectivity index (χ3v) is 3.94. The molecule has 22 heavy (non-hydrogen) atoms. The van der Waals surface area contributed by atoms with Crippen LogP contribution in [0.1, 0.15) is 6.42 Å². The van der Waals surface area contributed by atoms with Gasteiger partial charge in [0.05, 0.1) is 17.6 Å². The quantitative estimate of drug-likeness (QED) is 0.882. The van der Waals surface area contributed by atoms with E-state index in [1.54, 1.807) is 24.3 Å². The fourth-order valence-electron chi connectivity index (χ4n) is 2.70. The zero-order valence-corrected chi connectivity index (χ0v) is 11.8. The Bertz CT molecular complexity index is 799. The van der Waals surface area contributed by atoms with Gasteiger partial charge in [-0.25, -0.2) is 0 Å². The van der Waals surface area contributed by atoms with Gasteiger partial charge in [-0.05, 0) is 18.6 Å². The van der Waals surface area contributed by atoms with E-state index in [0.717, 1.165) is 0 Å². The predicted molar refractivity (Wildman–Crippen MR) is 78.3 cm³/mol. The summed E-state index contributed by atoms with van der Waals surface area (Å²) in [5.41, 5.74) is 0.406. The van der Waals surface area contributed by atoms with Crippen LogP contribution >= 0.6 is 0 Å². The van der Waals surface area contributed by atoms with Crippen molar-refractivity contribution in [3.8, 4) is 0 Å². The van der Waals surface area contributed by atoms with E-state index in [2.05, 4.69) is 5.10 Å². The molecule has 0 unspecified atom stereocenters. The van der Waals surface area contributed by atoms with Gasteiger partial charge in [-0.1, -0.05) is 12.1 Å². The molecule has 0 bridgehead atoms. The molecule has 2 aromatic rings. The first-order valence-corrected chi connectivity index (χ1v) is 7.01. The first kappa shape index (κ1) is 14.2. The van der Waals surface area contributed by atoms with Gasteiger partial charge >= 0.3 is 5.97 Å². The van der Waals surface area contributed by atoms with Crippen molar-refractivity contribution in [2.75, 3.05) is 13.1 Å². The van der Waals surface area contributed by atoms with Crippen LogP contribution in [0.5, 0.6) is 0 Å². The molecule has 1 N–H and O–H groups in total. The van der Waals surface area contributed by atoms with Gasteiger partial charge in [-0.15, -0.1) is 0 Å². The van der Waals surface area contributed by atoms with Gasteiger partial charge in [0.25, 0.3) is 0 Å². The number of amides is 1. The van der Waals surface area contributed by atoms with E-state index < -0.39 is 11.9 Å². The summed E-state index contributed by atoms with van der Waals surface area (Å²) in [6.45, 7) is 0.660. The molecule has 0 spiro atoms. The van der Waals surface area contributed by atoms with Crippen molar-refractivity contribution >= 4 is 22.8 Å². The minimum atomic E-state index is -0.873. The Morgan fingerprint density at radius 3 is 2.82 bits per heavy atom. The van der Waals surface area contributed by atoms with E-state index in [-0.39, 0.29) is 24.4 Å². The number of hydrogen-bond acceptors (Lipinski definition) is 4. The number of carbonyl (C=O) groups is 2. The molecule has 1 aromatic carbocycles. The molecule has 7 heteroatoms. The molecule has 7 nitrogen and oxygen atoms in total. The number of rotatable bonds is 3. The van der Waals surface area contributed by atoms with Crippen molar-refractivity contribution in [1.82, 2.24) is 14.7 Å². The number of carboxylic acids is 1. The standard InChI is InChI=1S/C15H15N3O4/c19-13-7-16-18(12-4-2-1-3-11(12)13)9-14(20)17-6-5-10(8-17)15(21)22/h1-4,7,10H,5-6,8-9H2,(H,21,22)/t10-/m0/s1. The van der Waals surface area contributed by atoms with E-state index in [9.17, 15) is 14.4 Å². The number of carboxylic acid groups (broad SMARTS) is 1. The minimum Gasteiger partial charge on any atom is -0.481 e. The zero-order chi connectivity index (χ0) is 15.7. The van der Waals surface area contributed by atoms with E-state index in [1.807, 2.05) is 0 Å². The summed E-state index contributed by atoms with van der Waals surface area (Å²) in [4.78, 5) is 36.5. The average molecular weight is 301 g/mol. The molecule has 1 aliphatic rings. The number of hydrogen-bond donors (Lipinski definition) is 1. The topological polar surface area (TPSA) is 92.5 Å². The second kappa shape index (κ2) is 5.59. The number of fused-ring (bicyclic) bond motifs is 1. The normalized spacial score (nSPS) is 17.8. The molecule has 1 amide bonds. The summed E-state index contributed by atoms with van der Waals surface area (Å²) in [6, 6.07) is 6.96. The van der Waals surface area contributed by atoms with Crippen LogP contribution in [0.3, 0.4) is 0 Å². The third kappa shape index (κ3) is 2.57. The van der Waals surface area contributed by atoms with Gasteiger partial charge in [0.2, 0.25) is 11.3 Å². The number of aliphatic carboxylic acids is 1. The van der Waals surface area contributed by atoms with Gasteiger partial charge < -0.3 is 10.0 Å². The van der Waals surface area contributed by atoms with E-state index in [4.69, 9.17) is 5.11 Å². The highest BCUT2D eigenvalue weighted by Crippen LogP contribution is 2.17. The molecule has 0 radical (unpaired) electrons. The van der Waals surface area contributed by atoms with Crippen molar-refractivity contribution in [2.45, 2.75) is 13.0 Å². The molecule has 0 aliphatic carbocycles. The van der Waals surface area contributed by atoms with Crippen LogP contribution in [-0.4, -0.2) is 44.8 Å². The van der Waals surface area contributed by atoms with Gasteiger partial charge in [0.1, 0.15) is 6.54 Å². The van der Waals surface area contributed by atoms with Crippen LogP contribution in [0.25, 0.3) is 10.9 Å². The number of benzene rings is 1. The first-order chi connectivity index (χ1) is 10.6. The first-order valence-electron chi connectivity index (χ1n) is 7.01. The number of likely N-dealkylation sites (tertiary alicyclic amines) is 1. The van der Waals surface area contributed by atoms with Gasteiger partial charge in [0, 0.05) is 18.5 Å². The van der Waals surface area contributed by atoms with E-state index in [0.29, 0.717) is 23.9 Å². The lowest BCUT2D eigenvalue weighted by molar-refractivity contribution is -0.141. The maximum atomic E-state index is 12.3. The van der Waals surface area contributed by atoms with Crippen molar-refractivity contribution in [1.29, 1.82) is 0 Å². The van der Waals surface area contributed by atoms with Crippen LogP contribution in [0.2, 0.25) is 0 Å². The van der Waals surface area contributed by atoms with Crippen molar-refractivity contribution < 1.29 is 14.7 Å². The monoisotopic (exact) mass is 301 g/mol. The Kier molecular flexibility index (Phi) is 3.62. The second-order valence-electron chi connectivity index (χ2n) is 5.35. The summed E-state index contributed by atoms with van der Waals surface area (Å²) < 4.78 is 1.48. The van der Waals surface area contributed by atoms with Gasteiger partial charge in [0.15, 0.2) is 0 Å². The molecule has 1 saturated heterocycles. The molecule has 114 valence electrons. The fraction of sp³-hybridized carbons (Fsp3) is 0.333.